The van der Waals surface area contributed by atoms with Gasteiger partial charge in [-0.2, -0.15) is 12.6 Å². The number of thiol groups is 1. The van der Waals surface area contributed by atoms with Crippen molar-refractivity contribution in [1.29, 1.82) is 0 Å². The maximum Gasteiger partial charge on any atom is 0.235 e. The van der Waals surface area contributed by atoms with Crippen LogP contribution in [0.4, 0.5) is 0 Å². The molecule has 0 heterocycles. The predicted octanol–water partition coefficient (Wildman–Crippen LogP) is 3.36. The van der Waals surface area contributed by atoms with Crippen molar-refractivity contribution >= 4 is 34.5 Å². The van der Waals surface area contributed by atoms with Crippen LogP contribution in [0.15, 0.2) is 28.7 Å². The van der Waals surface area contributed by atoms with E-state index in [0.717, 1.165) is 10.0 Å². The number of rotatable bonds is 4. The highest BCUT2D eigenvalue weighted by molar-refractivity contribution is 9.10. The Hall–Kier alpha value is -0.480. The van der Waals surface area contributed by atoms with E-state index in [1.807, 2.05) is 45.2 Å². The van der Waals surface area contributed by atoms with Gasteiger partial charge in [-0.3, -0.25) is 4.79 Å². The molecular formula is C13H18BrNOS. The first kappa shape index (κ1) is 14.6. The Morgan fingerprint density at radius 3 is 2.35 bits per heavy atom. The van der Waals surface area contributed by atoms with E-state index in [4.69, 9.17) is 0 Å². The topological polar surface area (TPSA) is 20.3 Å². The highest BCUT2D eigenvalue weighted by Crippen LogP contribution is 2.15. The zero-order valence-corrected chi connectivity index (χ0v) is 12.8. The summed E-state index contributed by atoms with van der Waals surface area (Å²) in [5, 5.41) is -0.226. The van der Waals surface area contributed by atoms with Crippen LogP contribution in [0.25, 0.3) is 0 Å². The fourth-order valence-corrected chi connectivity index (χ4v) is 1.91. The highest BCUT2D eigenvalue weighted by atomic mass is 79.9. The van der Waals surface area contributed by atoms with E-state index in [-0.39, 0.29) is 17.1 Å². The maximum absolute atomic E-state index is 12.0. The molecule has 0 saturated carbocycles. The molecule has 2 nitrogen and oxygen atoms in total. The van der Waals surface area contributed by atoms with Crippen LogP contribution in [-0.4, -0.2) is 23.1 Å². The van der Waals surface area contributed by atoms with Crippen molar-refractivity contribution in [2.24, 2.45) is 5.92 Å². The first-order chi connectivity index (χ1) is 7.91. The van der Waals surface area contributed by atoms with Crippen molar-refractivity contribution in [3.8, 4) is 0 Å². The number of amides is 1. The Bertz CT molecular complexity index is 378. The number of hydrogen-bond acceptors (Lipinski definition) is 2. The third-order valence-corrected chi connectivity index (χ3v) is 3.94. The Balaban J connectivity index is 2.63. The second-order valence-electron chi connectivity index (χ2n) is 4.51. The SMILES string of the molecule is CC(C)C(S)C(=O)N(C)Cc1ccc(Br)cc1. The van der Waals surface area contributed by atoms with Gasteiger partial charge >= 0.3 is 0 Å². The first-order valence-electron chi connectivity index (χ1n) is 5.59. The van der Waals surface area contributed by atoms with Crippen LogP contribution >= 0.6 is 28.6 Å². The van der Waals surface area contributed by atoms with Gasteiger partial charge in [-0.25, -0.2) is 0 Å². The summed E-state index contributed by atoms with van der Waals surface area (Å²) in [6.45, 7) is 4.63. The average molecular weight is 316 g/mol. The van der Waals surface area contributed by atoms with Crippen LogP contribution in [0.2, 0.25) is 0 Å². The Kier molecular flexibility index (Phi) is 5.53. The fraction of sp³-hybridized carbons (Fsp3) is 0.462. The first-order valence-corrected chi connectivity index (χ1v) is 6.90. The largest absolute Gasteiger partial charge is 0.340 e. The van der Waals surface area contributed by atoms with Gasteiger partial charge in [0, 0.05) is 18.1 Å². The zero-order valence-electron chi connectivity index (χ0n) is 10.4. The third-order valence-electron chi connectivity index (χ3n) is 2.59. The molecule has 0 bridgehead atoms. The molecule has 94 valence electrons. The van der Waals surface area contributed by atoms with E-state index < -0.39 is 0 Å². The van der Waals surface area contributed by atoms with Crippen LogP contribution in [0.5, 0.6) is 0 Å². The van der Waals surface area contributed by atoms with Gasteiger partial charge in [0.05, 0.1) is 5.25 Å². The Labute approximate surface area is 117 Å². The van der Waals surface area contributed by atoms with Crippen LogP contribution in [0, 0.1) is 5.92 Å². The molecule has 17 heavy (non-hydrogen) atoms. The van der Waals surface area contributed by atoms with Gasteiger partial charge in [0.1, 0.15) is 0 Å². The Morgan fingerprint density at radius 2 is 1.88 bits per heavy atom. The highest BCUT2D eigenvalue weighted by Gasteiger charge is 2.21. The van der Waals surface area contributed by atoms with Gasteiger partial charge in [-0.1, -0.05) is 41.9 Å². The lowest BCUT2D eigenvalue weighted by Crippen LogP contribution is -2.35. The van der Waals surface area contributed by atoms with E-state index in [1.54, 1.807) is 4.90 Å². The van der Waals surface area contributed by atoms with Crippen molar-refractivity contribution in [2.75, 3.05) is 7.05 Å². The zero-order chi connectivity index (χ0) is 13.0. The molecule has 0 aliphatic heterocycles. The molecular weight excluding hydrogens is 298 g/mol. The summed E-state index contributed by atoms with van der Waals surface area (Å²) < 4.78 is 1.05. The summed E-state index contributed by atoms with van der Waals surface area (Å²) in [5.74, 6) is 0.324. The van der Waals surface area contributed by atoms with Gasteiger partial charge in [0.25, 0.3) is 0 Å². The third kappa shape index (κ3) is 4.36. The van der Waals surface area contributed by atoms with Gasteiger partial charge in [-0.05, 0) is 23.6 Å². The predicted molar refractivity (Wildman–Crippen MR) is 78.2 cm³/mol. The molecule has 1 aromatic carbocycles. The minimum atomic E-state index is -0.226. The summed E-state index contributed by atoms with van der Waals surface area (Å²) in [4.78, 5) is 13.7. The van der Waals surface area contributed by atoms with Crippen LogP contribution in [-0.2, 0) is 11.3 Å². The molecule has 1 amide bonds. The molecule has 0 saturated heterocycles. The Morgan fingerprint density at radius 1 is 1.35 bits per heavy atom. The van der Waals surface area contributed by atoms with Gasteiger partial charge in [-0.15, -0.1) is 0 Å². The minimum Gasteiger partial charge on any atom is -0.340 e. The van der Waals surface area contributed by atoms with Crippen molar-refractivity contribution in [3.05, 3.63) is 34.3 Å². The lowest BCUT2D eigenvalue weighted by Gasteiger charge is -2.23. The summed E-state index contributed by atoms with van der Waals surface area (Å²) in [7, 11) is 1.82. The molecule has 1 aromatic rings. The van der Waals surface area contributed by atoms with Gasteiger partial charge in [0.2, 0.25) is 5.91 Å². The van der Waals surface area contributed by atoms with Gasteiger partial charge in [0.15, 0.2) is 0 Å². The van der Waals surface area contributed by atoms with Crippen LogP contribution in [0.1, 0.15) is 19.4 Å². The monoisotopic (exact) mass is 315 g/mol. The molecule has 0 radical (unpaired) electrons. The molecule has 0 aliphatic rings. The van der Waals surface area contributed by atoms with E-state index >= 15 is 0 Å². The summed E-state index contributed by atoms with van der Waals surface area (Å²) >= 11 is 7.73. The molecule has 4 heteroatoms. The lowest BCUT2D eigenvalue weighted by atomic mass is 10.1. The fourth-order valence-electron chi connectivity index (χ4n) is 1.45. The number of nitrogens with zero attached hydrogens (tertiary/aromatic N) is 1. The molecule has 1 unspecified atom stereocenters. The number of benzene rings is 1. The van der Waals surface area contributed by atoms with Crippen LogP contribution < -0.4 is 0 Å². The summed E-state index contributed by atoms with van der Waals surface area (Å²) in [6.07, 6.45) is 0. The van der Waals surface area contributed by atoms with E-state index in [9.17, 15) is 4.79 Å². The molecule has 1 atom stereocenters. The second kappa shape index (κ2) is 6.45. The normalized spacial score (nSPS) is 12.6. The average Bonchev–Trinajstić information content (AvgIpc) is 2.30. The van der Waals surface area contributed by atoms with E-state index in [1.165, 1.54) is 0 Å². The number of carbonyl (C=O) groups is 1. The molecule has 0 N–H and O–H groups in total. The lowest BCUT2D eigenvalue weighted by molar-refractivity contribution is -0.130. The second-order valence-corrected chi connectivity index (χ2v) is 5.98. The quantitative estimate of drug-likeness (QED) is 0.845. The van der Waals surface area contributed by atoms with Crippen molar-refractivity contribution in [2.45, 2.75) is 25.6 Å². The molecule has 0 spiro atoms. The molecule has 1 rings (SSSR count). The van der Waals surface area contributed by atoms with Gasteiger partial charge < -0.3 is 4.90 Å². The van der Waals surface area contributed by atoms with Crippen LogP contribution in [0.3, 0.4) is 0 Å². The summed E-state index contributed by atoms with van der Waals surface area (Å²) in [6, 6.07) is 7.98. The standard InChI is InChI=1S/C13H18BrNOS/c1-9(2)12(17)13(16)15(3)8-10-4-6-11(14)7-5-10/h4-7,9,12,17H,8H2,1-3H3. The van der Waals surface area contributed by atoms with E-state index in [2.05, 4.69) is 28.6 Å². The van der Waals surface area contributed by atoms with E-state index in [0.29, 0.717) is 6.54 Å². The number of halogens is 1. The minimum absolute atomic E-state index is 0.0752. The van der Waals surface area contributed by atoms with Crippen molar-refractivity contribution in [3.63, 3.8) is 0 Å². The molecule has 0 aromatic heterocycles. The van der Waals surface area contributed by atoms with Crippen molar-refractivity contribution in [1.82, 2.24) is 4.90 Å². The number of hydrogen-bond donors (Lipinski definition) is 1. The molecule has 0 aliphatic carbocycles. The molecule has 0 fully saturated rings. The maximum atomic E-state index is 12.0. The number of carbonyl (C=O) groups excluding carboxylic acids is 1. The van der Waals surface area contributed by atoms with Crippen molar-refractivity contribution < 1.29 is 4.79 Å². The summed E-state index contributed by atoms with van der Waals surface area (Å²) in [5.41, 5.74) is 1.12. The smallest absolute Gasteiger partial charge is 0.235 e.